The summed E-state index contributed by atoms with van der Waals surface area (Å²) in [6.07, 6.45) is 0.371. The second-order valence-electron chi connectivity index (χ2n) is 4.57. The van der Waals surface area contributed by atoms with Crippen molar-refractivity contribution in [3.63, 3.8) is 0 Å². The normalized spacial score (nSPS) is 13.9. The average Bonchev–Trinajstić information content (AvgIpc) is 1.84. The fourth-order valence-electron chi connectivity index (χ4n) is 0.656. The van der Waals surface area contributed by atoms with Crippen LogP contribution in [0.4, 0.5) is 0 Å². The maximum Gasteiger partial charge on any atom is 0.129 e. The zero-order valence-corrected chi connectivity index (χ0v) is 9.81. The molecule has 0 fully saturated rings. The van der Waals surface area contributed by atoms with Crippen molar-refractivity contribution in [2.75, 3.05) is 0 Å². The van der Waals surface area contributed by atoms with Crippen LogP contribution in [0.3, 0.4) is 0 Å². The van der Waals surface area contributed by atoms with E-state index in [2.05, 4.69) is 31.1 Å². The van der Waals surface area contributed by atoms with E-state index in [1.807, 2.05) is 13.8 Å². The second-order valence-corrected chi connectivity index (χ2v) is 9.32. The highest BCUT2D eigenvalue weighted by atomic mass is 28.3. The zero-order valence-electron chi connectivity index (χ0n) is 8.81. The lowest BCUT2D eigenvalue weighted by Crippen LogP contribution is -2.18. The summed E-state index contributed by atoms with van der Waals surface area (Å²) < 4.78 is 0. The predicted molar refractivity (Wildman–Crippen MR) is 56.6 cm³/mol. The first-order chi connectivity index (χ1) is 5.33. The summed E-state index contributed by atoms with van der Waals surface area (Å²) >= 11 is 0. The van der Waals surface area contributed by atoms with E-state index in [1.165, 1.54) is 0 Å². The Kier molecular flexibility index (Phi) is 4.58. The van der Waals surface area contributed by atoms with Gasteiger partial charge in [-0.2, -0.15) is 0 Å². The molecule has 0 radical (unpaired) electrons. The minimum absolute atomic E-state index is 0.256. The van der Waals surface area contributed by atoms with Gasteiger partial charge in [-0.3, -0.25) is 0 Å². The Balaban J connectivity index is 3.87. The second kappa shape index (κ2) is 4.69. The van der Waals surface area contributed by atoms with E-state index in [1.54, 1.807) is 0 Å². The van der Waals surface area contributed by atoms with Crippen LogP contribution < -0.4 is 0 Å². The van der Waals surface area contributed by atoms with Crippen LogP contribution in [0.15, 0.2) is 0 Å². The van der Waals surface area contributed by atoms with Crippen molar-refractivity contribution in [2.24, 2.45) is 5.92 Å². The molecule has 0 bridgehead atoms. The minimum Gasteiger partial charge on any atom is -0.392 e. The lowest BCUT2D eigenvalue weighted by Gasteiger charge is -2.10. The largest absolute Gasteiger partial charge is 0.392 e. The van der Waals surface area contributed by atoms with Crippen molar-refractivity contribution in [2.45, 2.75) is 46.0 Å². The molecule has 0 aliphatic carbocycles. The number of aliphatic hydroxyl groups is 1. The molecule has 0 aromatic heterocycles. The van der Waals surface area contributed by atoms with Crippen LogP contribution in [0.5, 0.6) is 0 Å². The van der Waals surface area contributed by atoms with Gasteiger partial charge in [0, 0.05) is 6.42 Å². The number of hydrogen-bond acceptors (Lipinski definition) is 1. The van der Waals surface area contributed by atoms with Gasteiger partial charge in [-0.15, -0.1) is 11.5 Å². The molecule has 0 aliphatic heterocycles. The quantitative estimate of drug-likeness (QED) is 0.515. The summed E-state index contributed by atoms with van der Waals surface area (Å²) in [5.74, 6) is 3.39. The maximum atomic E-state index is 9.44. The van der Waals surface area contributed by atoms with Gasteiger partial charge in [0.25, 0.3) is 0 Å². The molecule has 0 heterocycles. The van der Waals surface area contributed by atoms with E-state index < -0.39 is 8.07 Å². The van der Waals surface area contributed by atoms with Gasteiger partial charge in [-0.1, -0.05) is 33.5 Å². The molecule has 2 heteroatoms. The number of aliphatic hydroxyl groups excluding tert-OH is 1. The van der Waals surface area contributed by atoms with Crippen LogP contribution in [-0.2, 0) is 0 Å². The molecule has 1 nitrogen and oxygen atoms in total. The SMILES string of the molecule is CC(C)[C@@H](O)CC#C[Si](C)(C)C. The molecule has 0 amide bonds. The highest BCUT2D eigenvalue weighted by Crippen LogP contribution is 2.04. The molecule has 12 heavy (non-hydrogen) atoms. The number of hydrogen-bond donors (Lipinski definition) is 1. The predicted octanol–water partition coefficient (Wildman–Crippen LogP) is 2.27. The summed E-state index contributed by atoms with van der Waals surface area (Å²) in [4.78, 5) is 0. The van der Waals surface area contributed by atoms with Crippen LogP contribution in [0.25, 0.3) is 0 Å². The molecule has 70 valence electrons. The maximum absolute atomic E-state index is 9.44. The monoisotopic (exact) mass is 184 g/mol. The summed E-state index contributed by atoms with van der Waals surface area (Å²) in [6.45, 7) is 10.7. The van der Waals surface area contributed by atoms with Gasteiger partial charge >= 0.3 is 0 Å². The smallest absolute Gasteiger partial charge is 0.129 e. The summed E-state index contributed by atoms with van der Waals surface area (Å²) in [6, 6.07) is 0. The van der Waals surface area contributed by atoms with E-state index in [0.29, 0.717) is 12.3 Å². The Morgan fingerprint density at radius 3 is 2.08 bits per heavy atom. The fraction of sp³-hybridized carbons (Fsp3) is 0.800. The molecule has 0 saturated carbocycles. The van der Waals surface area contributed by atoms with Crippen molar-refractivity contribution >= 4 is 8.07 Å². The molecule has 0 saturated heterocycles. The standard InChI is InChI=1S/C10H20OSi/c1-9(2)10(11)7-6-8-12(3,4)5/h9-11H,7H2,1-5H3/t10-/m0/s1. The third-order valence-corrected chi connectivity index (χ3v) is 2.47. The van der Waals surface area contributed by atoms with Crippen molar-refractivity contribution in [3.8, 4) is 11.5 Å². The van der Waals surface area contributed by atoms with Gasteiger partial charge in [0.2, 0.25) is 0 Å². The van der Waals surface area contributed by atoms with Crippen LogP contribution in [0, 0.1) is 17.4 Å². The Morgan fingerprint density at radius 2 is 1.75 bits per heavy atom. The Morgan fingerprint density at radius 1 is 1.25 bits per heavy atom. The van der Waals surface area contributed by atoms with Gasteiger partial charge in [0.05, 0.1) is 6.10 Å². The molecular weight excluding hydrogens is 164 g/mol. The summed E-state index contributed by atoms with van der Waals surface area (Å²) in [5, 5.41) is 9.44. The molecule has 0 aromatic rings. The first-order valence-corrected chi connectivity index (χ1v) is 8.01. The van der Waals surface area contributed by atoms with E-state index >= 15 is 0 Å². The summed E-state index contributed by atoms with van der Waals surface area (Å²) in [7, 11) is -1.23. The van der Waals surface area contributed by atoms with Crippen LogP contribution >= 0.6 is 0 Å². The highest BCUT2D eigenvalue weighted by Gasteiger charge is 2.09. The molecule has 1 atom stereocenters. The van der Waals surface area contributed by atoms with Gasteiger partial charge in [0.1, 0.15) is 8.07 Å². The average molecular weight is 184 g/mol. The van der Waals surface area contributed by atoms with Crippen LogP contribution in [-0.4, -0.2) is 19.3 Å². The molecular formula is C10H20OSi. The first kappa shape index (κ1) is 11.7. The topological polar surface area (TPSA) is 20.2 Å². The Labute approximate surface area is 77.2 Å². The van der Waals surface area contributed by atoms with E-state index in [0.717, 1.165) is 0 Å². The lowest BCUT2D eigenvalue weighted by molar-refractivity contribution is 0.130. The van der Waals surface area contributed by atoms with Gasteiger partial charge < -0.3 is 5.11 Å². The number of rotatable bonds is 2. The van der Waals surface area contributed by atoms with E-state index in [4.69, 9.17) is 0 Å². The molecule has 0 aromatic carbocycles. The third-order valence-electron chi connectivity index (χ3n) is 1.54. The lowest BCUT2D eigenvalue weighted by atomic mass is 10.1. The van der Waals surface area contributed by atoms with Crippen molar-refractivity contribution < 1.29 is 5.11 Å². The minimum atomic E-state index is -1.23. The van der Waals surface area contributed by atoms with Gasteiger partial charge in [-0.05, 0) is 5.92 Å². The van der Waals surface area contributed by atoms with Crippen molar-refractivity contribution in [1.29, 1.82) is 0 Å². The van der Waals surface area contributed by atoms with Gasteiger partial charge in [0.15, 0.2) is 0 Å². The van der Waals surface area contributed by atoms with Crippen LogP contribution in [0.1, 0.15) is 20.3 Å². The van der Waals surface area contributed by atoms with Crippen molar-refractivity contribution in [3.05, 3.63) is 0 Å². The zero-order chi connectivity index (χ0) is 9.78. The molecule has 1 N–H and O–H groups in total. The molecule has 0 spiro atoms. The molecule has 0 aliphatic rings. The Hall–Kier alpha value is -0.263. The Bertz CT molecular complexity index is 180. The highest BCUT2D eigenvalue weighted by molar-refractivity contribution is 6.83. The van der Waals surface area contributed by atoms with Crippen LogP contribution in [0.2, 0.25) is 19.6 Å². The van der Waals surface area contributed by atoms with Crippen molar-refractivity contribution in [1.82, 2.24) is 0 Å². The molecule has 0 rings (SSSR count). The summed E-state index contributed by atoms with van der Waals surface area (Å²) in [5.41, 5.74) is 3.24. The third kappa shape index (κ3) is 6.45. The van der Waals surface area contributed by atoms with E-state index in [-0.39, 0.29) is 6.10 Å². The first-order valence-electron chi connectivity index (χ1n) is 4.51. The van der Waals surface area contributed by atoms with E-state index in [9.17, 15) is 5.11 Å². The van der Waals surface area contributed by atoms with Gasteiger partial charge in [-0.25, -0.2) is 0 Å². The molecule has 0 unspecified atom stereocenters. The fourth-order valence-corrected chi connectivity index (χ4v) is 1.29.